The number of ether oxygens (including phenoxy) is 1. The van der Waals surface area contributed by atoms with Crippen molar-refractivity contribution in [3.05, 3.63) is 24.0 Å². The molecule has 0 aromatic carbocycles. The molecular formula is C14H22N2O3. The van der Waals surface area contributed by atoms with Crippen LogP contribution >= 0.6 is 0 Å². The molecule has 0 spiro atoms. The van der Waals surface area contributed by atoms with Crippen LogP contribution < -0.4 is 5.32 Å². The summed E-state index contributed by atoms with van der Waals surface area (Å²) >= 11 is 0. The summed E-state index contributed by atoms with van der Waals surface area (Å²) in [5.74, 6) is -0.0904. The summed E-state index contributed by atoms with van der Waals surface area (Å²) in [6.45, 7) is 0.453. The summed E-state index contributed by atoms with van der Waals surface area (Å²) in [4.78, 5) is 12.3. The Morgan fingerprint density at radius 3 is 3.00 bits per heavy atom. The van der Waals surface area contributed by atoms with Crippen molar-refractivity contribution in [3.8, 4) is 0 Å². The maximum Gasteiger partial charge on any atom is 0.268 e. The molecule has 2 N–H and O–H groups in total. The van der Waals surface area contributed by atoms with E-state index in [2.05, 4.69) is 9.88 Å². The average molecular weight is 266 g/mol. The summed E-state index contributed by atoms with van der Waals surface area (Å²) in [5, 5.41) is 11.9. The number of hydrogen-bond donors (Lipinski definition) is 2. The summed E-state index contributed by atoms with van der Waals surface area (Å²) < 4.78 is 7.11. The molecule has 0 saturated heterocycles. The first kappa shape index (κ1) is 14.1. The van der Waals surface area contributed by atoms with E-state index < -0.39 is 0 Å². The summed E-state index contributed by atoms with van der Waals surface area (Å²) in [5.41, 5.74) is 0.698. The van der Waals surface area contributed by atoms with Crippen LogP contribution in [0.4, 0.5) is 0 Å². The number of amides is 1. The highest BCUT2D eigenvalue weighted by Crippen LogP contribution is 2.32. The van der Waals surface area contributed by atoms with Gasteiger partial charge in [-0.2, -0.15) is 0 Å². The number of aliphatic hydroxyl groups excluding tert-OH is 1. The van der Waals surface area contributed by atoms with E-state index in [-0.39, 0.29) is 18.6 Å². The standard InChI is InChI=1S/C14H22N2O3/c1-19-10-11(7-9-17)15-14(18)13-6-3-8-16(13)12-4-2-5-12/h3,6,8,11-12,17H,2,4-5,7,9-10H2,1H3,(H,15,18). The highest BCUT2D eigenvalue weighted by Gasteiger charge is 2.24. The van der Waals surface area contributed by atoms with Gasteiger partial charge in [-0.15, -0.1) is 0 Å². The van der Waals surface area contributed by atoms with Crippen LogP contribution in [-0.2, 0) is 4.74 Å². The molecular weight excluding hydrogens is 244 g/mol. The predicted octanol–water partition coefficient (Wildman–Crippen LogP) is 1.34. The molecule has 1 saturated carbocycles. The Kier molecular flexibility index (Phi) is 4.99. The lowest BCUT2D eigenvalue weighted by Crippen LogP contribution is -2.40. The van der Waals surface area contributed by atoms with E-state index in [4.69, 9.17) is 9.84 Å². The molecule has 5 heteroatoms. The highest BCUT2D eigenvalue weighted by molar-refractivity contribution is 5.93. The lowest BCUT2D eigenvalue weighted by atomic mass is 9.93. The number of aromatic nitrogens is 1. The summed E-state index contributed by atoms with van der Waals surface area (Å²) in [7, 11) is 1.59. The second-order valence-corrected chi connectivity index (χ2v) is 5.02. The summed E-state index contributed by atoms with van der Waals surface area (Å²) in [6, 6.07) is 4.07. The fourth-order valence-electron chi connectivity index (χ4n) is 2.38. The molecule has 0 bridgehead atoms. The third kappa shape index (κ3) is 3.36. The van der Waals surface area contributed by atoms with Gasteiger partial charge < -0.3 is 19.7 Å². The Morgan fingerprint density at radius 1 is 1.63 bits per heavy atom. The Bertz CT molecular complexity index is 407. The van der Waals surface area contributed by atoms with Gasteiger partial charge in [-0.3, -0.25) is 4.79 Å². The average Bonchev–Trinajstić information content (AvgIpc) is 2.76. The zero-order chi connectivity index (χ0) is 13.7. The Hall–Kier alpha value is -1.33. The molecule has 0 radical (unpaired) electrons. The van der Waals surface area contributed by atoms with Gasteiger partial charge in [0.25, 0.3) is 5.91 Å². The fourth-order valence-corrected chi connectivity index (χ4v) is 2.38. The van der Waals surface area contributed by atoms with Gasteiger partial charge in [0.2, 0.25) is 0 Å². The van der Waals surface area contributed by atoms with Gasteiger partial charge in [-0.05, 0) is 37.8 Å². The van der Waals surface area contributed by atoms with Gasteiger partial charge in [-0.1, -0.05) is 0 Å². The monoisotopic (exact) mass is 266 g/mol. The molecule has 1 fully saturated rings. The minimum Gasteiger partial charge on any atom is -0.396 e. The van der Waals surface area contributed by atoms with Crippen molar-refractivity contribution in [2.75, 3.05) is 20.3 Å². The molecule has 1 aromatic rings. The van der Waals surface area contributed by atoms with Crippen molar-refractivity contribution in [2.24, 2.45) is 0 Å². The topological polar surface area (TPSA) is 63.5 Å². The maximum atomic E-state index is 12.3. The number of nitrogens with zero attached hydrogens (tertiary/aromatic N) is 1. The van der Waals surface area contributed by atoms with E-state index in [1.807, 2.05) is 18.3 Å². The number of carbonyl (C=O) groups excluding carboxylic acids is 1. The van der Waals surface area contributed by atoms with E-state index in [9.17, 15) is 4.79 Å². The van der Waals surface area contributed by atoms with Gasteiger partial charge in [0.05, 0.1) is 12.6 Å². The van der Waals surface area contributed by atoms with Crippen LogP contribution in [0.25, 0.3) is 0 Å². The SMILES string of the molecule is COCC(CCO)NC(=O)c1cccn1C1CCC1. The number of rotatable bonds is 7. The summed E-state index contributed by atoms with van der Waals surface area (Å²) in [6.07, 6.45) is 6.00. The lowest BCUT2D eigenvalue weighted by Gasteiger charge is -2.29. The third-order valence-electron chi connectivity index (χ3n) is 3.66. The van der Waals surface area contributed by atoms with Crippen molar-refractivity contribution in [3.63, 3.8) is 0 Å². The lowest BCUT2D eigenvalue weighted by molar-refractivity contribution is 0.0864. The second kappa shape index (κ2) is 6.73. The molecule has 1 aliphatic carbocycles. The molecule has 2 rings (SSSR count). The van der Waals surface area contributed by atoms with Gasteiger partial charge in [-0.25, -0.2) is 0 Å². The molecule has 0 aliphatic heterocycles. The number of aliphatic hydroxyl groups is 1. The number of nitrogens with one attached hydrogen (secondary N) is 1. The van der Waals surface area contributed by atoms with Gasteiger partial charge in [0.1, 0.15) is 5.69 Å². The first-order valence-electron chi connectivity index (χ1n) is 6.83. The molecule has 106 valence electrons. The number of carbonyl (C=O) groups is 1. The maximum absolute atomic E-state index is 12.3. The molecule has 1 amide bonds. The van der Waals surface area contributed by atoms with E-state index >= 15 is 0 Å². The first-order chi connectivity index (χ1) is 9.26. The van der Waals surface area contributed by atoms with Crippen LogP contribution in [0.15, 0.2) is 18.3 Å². The molecule has 1 aliphatic rings. The number of hydrogen-bond acceptors (Lipinski definition) is 3. The Morgan fingerprint density at radius 2 is 2.42 bits per heavy atom. The molecule has 1 atom stereocenters. The van der Waals surface area contributed by atoms with Gasteiger partial charge in [0.15, 0.2) is 0 Å². The molecule has 1 heterocycles. The predicted molar refractivity (Wildman–Crippen MR) is 72.2 cm³/mol. The fraction of sp³-hybridized carbons (Fsp3) is 0.643. The Balaban J connectivity index is 2.00. The second-order valence-electron chi connectivity index (χ2n) is 5.02. The minimum absolute atomic E-state index is 0.0396. The zero-order valence-corrected chi connectivity index (χ0v) is 11.3. The van der Waals surface area contributed by atoms with E-state index in [1.54, 1.807) is 7.11 Å². The molecule has 1 unspecified atom stereocenters. The zero-order valence-electron chi connectivity index (χ0n) is 11.3. The van der Waals surface area contributed by atoms with Crippen molar-refractivity contribution in [2.45, 2.75) is 37.8 Å². The Labute approximate surface area is 113 Å². The largest absolute Gasteiger partial charge is 0.396 e. The van der Waals surface area contributed by atoms with Crippen LogP contribution in [-0.4, -0.2) is 41.9 Å². The van der Waals surface area contributed by atoms with Crippen LogP contribution in [0.1, 0.15) is 42.2 Å². The molecule has 5 nitrogen and oxygen atoms in total. The van der Waals surface area contributed by atoms with Crippen molar-refractivity contribution < 1.29 is 14.6 Å². The van der Waals surface area contributed by atoms with E-state index in [0.29, 0.717) is 24.8 Å². The first-order valence-corrected chi connectivity index (χ1v) is 6.83. The molecule has 19 heavy (non-hydrogen) atoms. The quantitative estimate of drug-likeness (QED) is 0.783. The van der Waals surface area contributed by atoms with Crippen molar-refractivity contribution in [1.29, 1.82) is 0 Å². The van der Waals surface area contributed by atoms with E-state index in [0.717, 1.165) is 12.8 Å². The number of methoxy groups -OCH3 is 1. The van der Waals surface area contributed by atoms with Gasteiger partial charge in [0, 0.05) is 26.0 Å². The smallest absolute Gasteiger partial charge is 0.268 e. The van der Waals surface area contributed by atoms with Crippen LogP contribution in [0.5, 0.6) is 0 Å². The minimum atomic E-state index is -0.146. The van der Waals surface area contributed by atoms with Crippen molar-refractivity contribution >= 4 is 5.91 Å². The normalized spacial score (nSPS) is 16.9. The van der Waals surface area contributed by atoms with Crippen LogP contribution in [0, 0.1) is 0 Å². The van der Waals surface area contributed by atoms with Crippen LogP contribution in [0.2, 0.25) is 0 Å². The molecule has 1 aromatic heterocycles. The third-order valence-corrected chi connectivity index (χ3v) is 3.66. The van der Waals surface area contributed by atoms with Crippen LogP contribution in [0.3, 0.4) is 0 Å². The van der Waals surface area contributed by atoms with E-state index in [1.165, 1.54) is 6.42 Å². The van der Waals surface area contributed by atoms with Crippen molar-refractivity contribution in [1.82, 2.24) is 9.88 Å². The van der Waals surface area contributed by atoms with Gasteiger partial charge >= 0.3 is 0 Å². The highest BCUT2D eigenvalue weighted by atomic mass is 16.5.